The molecular weight excluding hydrogens is 436 g/mol. The Labute approximate surface area is 198 Å². The standard InChI is InChI=1S/C26H30N2O6/c29-23-12-6-5-11-21(23)27-25(32)22(13-14-24(30)31)28-26(33)34-15-20-18-9-3-1-7-16(18)17-8-2-4-10-19(17)20/h1-4,7-10,20-23,29H,5-6,11-15H2,(H,27,32)(H,28,33)(H,30,31)/t21-,22?,23-/m1/s1. The number of aliphatic hydroxyl groups is 1. The monoisotopic (exact) mass is 466 g/mol. The highest BCUT2D eigenvalue weighted by atomic mass is 16.5. The molecule has 0 aromatic heterocycles. The van der Waals surface area contributed by atoms with Gasteiger partial charge in [-0.2, -0.15) is 0 Å². The highest BCUT2D eigenvalue weighted by Gasteiger charge is 2.31. The number of hydrogen-bond acceptors (Lipinski definition) is 5. The summed E-state index contributed by atoms with van der Waals surface area (Å²) in [5, 5.41) is 24.5. The van der Waals surface area contributed by atoms with E-state index in [1.165, 1.54) is 0 Å². The summed E-state index contributed by atoms with van der Waals surface area (Å²) >= 11 is 0. The zero-order valence-electron chi connectivity index (χ0n) is 18.9. The molecular formula is C26H30N2O6. The molecule has 2 amide bonds. The Morgan fingerprint density at radius 1 is 0.971 bits per heavy atom. The van der Waals surface area contributed by atoms with Gasteiger partial charge in [0.1, 0.15) is 12.6 Å². The third-order valence-electron chi connectivity index (χ3n) is 6.66. The van der Waals surface area contributed by atoms with Crippen LogP contribution in [0, 0.1) is 0 Å². The van der Waals surface area contributed by atoms with E-state index in [0.717, 1.165) is 35.1 Å². The molecule has 1 saturated carbocycles. The van der Waals surface area contributed by atoms with Crippen LogP contribution in [0.3, 0.4) is 0 Å². The Morgan fingerprint density at radius 3 is 2.21 bits per heavy atom. The molecule has 4 N–H and O–H groups in total. The van der Waals surface area contributed by atoms with Crippen molar-refractivity contribution in [2.45, 2.75) is 62.6 Å². The van der Waals surface area contributed by atoms with Crippen molar-refractivity contribution in [3.05, 3.63) is 59.7 Å². The average molecular weight is 467 g/mol. The number of amides is 2. The number of aliphatic carboxylic acids is 1. The first kappa shape index (κ1) is 23.8. The van der Waals surface area contributed by atoms with E-state index in [-0.39, 0.29) is 25.4 Å². The van der Waals surface area contributed by atoms with Gasteiger partial charge in [-0.05, 0) is 41.5 Å². The highest BCUT2D eigenvalue weighted by Crippen LogP contribution is 2.44. The van der Waals surface area contributed by atoms with Crippen molar-refractivity contribution in [1.29, 1.82) is 0 Å². The number of benzene rings is 2. The molecule has 34 heavy (non-hydrogen) atoms. The van der Waals surface area contributed by atoms with Crippen molar-refractivity contribution < 1.29 is 29.3 Å². The van der Waals surface area contributed by atoms with Crippen molar-refractivity contribution in [3.8, 4) is 11.1 Å². The molecule has 8 nitrogen and oxygen atoms in total. The number of carbonyl (C=O) groups is 3. The van der Waals surface area contributed by atoms with Crippen LogP contribution in [0.1, 0.15) is 55.6 Å². The van der Waals surface area contributed by atoms with Crippen molar-refractivity contribution in [3.63, 3.8) is 0 Å². The van der Waals surface area contributed by atoms with Gasteiger partial charge in [0.2, 0.25) is 5.91 Å². The Morgan fingerprint density at radius 2 is 1.59 bits per heavy atom. The predicted octanol–water partition coefficient (Wildman–Crippen LogP) is 3.18. The van der Waals surface area contributed by atoms with Crippen molar-refractivity contribution >= 4 is 18.0 Å². The van der Waals surface area contributed by atoms with Crippen LogP contribution in [-0.4, -0.2) is 53.0 Å². The molecule has 1 fully saturated rings. The van der Waals surface area contributed by atoms with Crippen LogP contribution in [0.15, 0.2) is 48.5 Å². The molecule has 0 bridgehead atoms. The minimum absolute atomic E-state index is 0.0752. The summed E-state index contributed by atoms with van der Waals surface area (Å²) in [6.07, 6.45) is 1.25. The van der Waals surface area contributed by atoms with E-state index in [4.69, 9.17) is 9.84 Å². The minimum atomic E-state index is -1.07. The van der Waals surface area contributed by atoms with Gasteiger partial charge < -0.3 is 25.6 Å². The van der Waals surface area contributed by atoms with Gasteiger partial charge in [-0.15, -0.1) is 0 Å². The van der Waals surface area contributed by atoms with Gasteiger partial charge in [0.05, 0.1) is 12.1 Å². The predicted molar refractivity (Wildman–Crippen MR) is 125 cm³/mol. The molecule has 2 aliphatic rings. The molecule has 2 aromatic rings. The van der Waals surface area contributed by atoms with E-state index in [9.17, 15) is 19.5 Å². The SMILES string of the molecule is O=C(O)CCC(NC(=O)OCC1c2ccccc2-c2ccccc21)C(=O)N[C@@H]1CCCC[C@H]1O. The largest absolute Gasteiger partial charge is 0.481 e. The number of hydrogen-bond donors (Lipinski definition) is 4. The number of aliphatic hydroxyl groups excluding tert-OH is 1. The van der Waals surface area contributed by atoms with Gasteiger partial charge in [-0.25, -0.2) is 4.79 Å². The molecule has 0 spiro atoms. The topological polar surface area (TPSA) is 125 Å². The third kappa shape index (κ3) is 5.39. The number of fused-ring (bicyclic) bond motifs is 3. The number of alkyl carbamates (subject to hydrolysis) is 1. The van der Waals surface area contributed by atoms with Crippen LogP contribution in [0.25, 0.3) is 11.1 Å². The number of ether oxygens (including phenoxy) is 1. The molecule has 3 atom stereocenters. The lowest BCUT2D eigenvalue weighted by Gasteiger charge is -2.30. The second kappa shape index (κ2) is 10.7. The summed E-state index contributed by atoms with van der Waals surface area (Å²) in [4.78, 5) is 36.5. The fourth-order valence-electron chi connectivity index (χ4n) is 4.88. The number of carbonyl (C=O) groups excluding carboxylic acids is 2. The molecule has 0 aliphatic heterocycles. The molecule has 0 radical (unpaired) electrons. The second-order valence-electron chi connectivity index (χ2n) is 8.92. The van der Waals surface area contributed by atoms with Crippen molar-refractivity contribution in [2.75, 3.05) is 6.61 Å². The first-order valence-electron chi connectivity index (χ1n) is 11.8. The smallest absolute Gasteiger partial charge is 0.407 e. The lowest BCUT2D eigenvalue weighted by molar-refractivity contribution is -0.137. The fraction of sp³-hybridized carbons (Fsp3) is 0.423. The second-order valence-corrected chi connectivity index (χ2v) is 8.92. The molecule has 0 saturated heterocycles. The summed E-state index contributed by atoms with van der Waals surface area (Å²) in [5.74, 6) is -1.70. The van der Waals surface area contributed by atoms with Crippen molar-refractivity contribution in [2.24, 2.45) is 0 Å². The lowest BCUT2D eigenvalue weighted by Crippen LogP contribution is -2.53. The molecule has 0 heterocycles. The first-order chi connectivity index (χ1) is 16.4. The van der Waals surface area contributed by atoms with Gasteiger partial charge >= 0.3 is 12.1 Å². The molecule has 2 aromatic carbocycles. The summed E-state index contributed by atoms with van der Waals surface area (Å²) < 4.78 is 5.51. The van der Waals surface area contributed by atoms with E-state index < -0.39 is 36.2 Å². The maximum absolute atomic E-state index is 12.8. The zero-order valence-corrected chi connectivity index (χ0v) is 18.9. The van der Waals surface area contributed by atoms with Crippen molar-refractivity contribution in [1.82, 2.24) is 10.6 Å². The van der Waals surface area contributed by atoms with Crippen LogP contribution in [-0.2, 0) is 14.3 Å². The summed E-state index contributed by atoms with van der Waals surface area (Å²) in [5.41, 5.74) is 4.36. The molecule has 4 rings (SSSR count). The molecule has 2 aliphatic carbocycles. The van der Waals surface area contributed by atoms with Gasteiger partial charge in [-0.1, -0.05) is 61.4 Å². The fourth-order valence-corrected chi connectivity index (χ4v) is 4.88. The van der Waals surface area contributed by atoms with Gasteiger partial charge in [0, 0.05) is 12.3 Å². The first-order valence-corrected chi connectivity index (χ1v) is 11.8. The van der Waals surface area contributed by atoms with Crippen LogP contribution >= 0.6 is 0 Å². The normalized spacial score (nSPS) is 20.0. The van der Waals surface area contributed by atoms with Gasteiger partial charge in [0.15, 0.2) is 0 Å². The van der Waals surface area contributed by atoms with E-state index in [2.05, 4.69) is 10.6 Å². The maximum Gasteiger partial charge on any atom is 0.407 e. The zero-order chi connectivity index (χ0) is 24.1. The lowest BCUT2D eigenvalue weighted by atomic mass is 9.92. The number of rotatable bonds is 8. The molecule has 180 valence electrons. The Kier molecular flexibility index (Phi) is 7.47. The number of carboxylic acid groups (broad SMARTS) is 1. The van der Waals surface area contributed by atoms with E-state index in [0.29, 0.717) is 12.8 Å². The maximum atomic E-state index is 12.8. The summed E-state index contributed by atoms with van der Waals surface area (Å²) in [7, 11) is 0. The molecule has 1 unspecified atom stereocenters. The van der Waals surface area contributed by atoms with Crippen LogP contribution in [0.2, 0.25) is 0 Å². The van der Waals surface area contributed by atoms with Crippen LogP contribution in [0.4, 0.5) is 4.79 Å². The number of carboxylic acids is 1. The van der Waals surface area contributed by atoms with Gasteiger partial charge in [-0.3, -0.25) is 9.59 Å². The van der Waals surface area contributed by atoms with Crippen LogP contribution < -0.4 is 10.6 Å². The Hall–Kier alpha value is -3.39. The minimum Gasteiger partial charge on any atom is -0.481 e. The van der Waals surface area contributed by atoms with E-state index in [1.54, 1.807) is 0 Å². The summed E-state index contributed by atoms with van der Waals surface area (Å²) in [6, 6.07) is 14.5. The average Bonchev–Trinajstić information content (AvgIpc) is 3.15. The van der Waals surface area contributed by atoms with Crippen LogP contribution in [0.5, 0.6) is 0 Å². The summed E-state index contributed by atoms with van der Waals surface area (Å²) in [6.45, 7) is 0.0917. The highest BCUT2D eigenvalue weighted by molar-refractivity contribution is 5.86. The number of nitrogens with one attached hydrogen (secondary N) is 2. The Balaban J connectivity index is 1.40. The third-order valence-corrected chi connectivity index (χ3v) is 6.66. The quantitative estimate of drug-likeness (QED) is 0.474. The molecule has 8 heteroatoms. The van der Waals surface area contributed by atoms with E-state index in [1.807, 2.05) is 48.5 Å². The van der Waals surface area contributed by atoms with Gasteiger partial charge in [0.25, 0.3) is 0 Å². The Bertz CT molecular complexity index is 1010. The van der Waals surface area contributed by atoms with E-state index >= 15 is 0 Å².